The Morgan fingerprint density at radius 1 is 1.62 bits per heavy atom. The van der Waals surface area contributed by atoms with Crippen LogP contribution in [0.25, 0.3) is 0 Å². The molecule has 0 radical (unpaired) electrons. The van der Waals surface area contributed by atoms with Gasteiger partial charge in [0.05, 0.1) is 18.1 Å². The van der Waals surface area contributed by atoms with Crippen LogP contribution in [0, 0.1) is 15.9 Å². The second-order valence-electron chi connectivity index (χ2n) is 2.20. The molecule has 4 nitrogen and oxygen atoms in total. The Labute approximate surface area is 81.6 Å². The van der Waals surface area contributed by atoms with E-state index < -0.39 is 10.7 Å². The molecule has 0 unspecified atom stereocenters. The highest BCUT2D eigenvalue weighted by atomic mass is 79.9. The third-order valence-electron chi connectivity index (χ3n) is 1.41. The fourth-order valence-electron chi connectivity index (χ4n) is 0.801. The average molecular weight is 250 g/mol. The largest absolute Gasteiger partial charge is 0.496 e. The van der Waals surface area contributed by atoms with Crippen LogP contribution in [0.1, 0.15) is 0 Å². The average Bonchev–Trinajstić information content (AvgIpc) is 2.09. The third-order valence-corrected chi connectivity index (χ3v) is 2.20. The van der Waals surface area contributed by atoms with Crippen molar-refractivity contribution in [3.05, 3.63) is 32.5 Å². The van der Waals surface area contributed by atoms with Crippen LogP contribution in [0.5, 0.6) is 5.75 Å². The van der Waals surface area contributed by atoms with Crippen molar-refractivity contribution >= 4 is 21.6 Å². The number of benzene rings is 1. The number of rotatable bonds is 2. The van der Waals surface area contributed by atoms with E-state index in [1.165, 1.54) is 7.11 Å². The fraction of sp³-hybridized carbons (Fsp3) is 0.143. The second-order valence-corrected chi connectivity index (χ2v) is 2.99. The number of hydrogen-bond acceptors (Lipinski definition) is 3. The standard InChI is InChI=1S/C7H5BrFNO3/c1-13-4-2-5(9)7(8)6(3-4)10(11)12/h2-3H,1H3. The molecular weight excluding hydrogens is 245 g/mol. The van der Waals surface area contributed by atoms with Crippen LogP contribution in [-0.2, 0) is 0 Å². The van der Waals surface area contributed by atoms with Gasteiger partial charge in [0, 0.05) is 6.07 Å². The molecule has 0 aromatic heterocycles. The van der Waals surface area contributed by atoms with Crippen LogP contribution in [0.15, 0.2) is 16.6 Å². The molecule has 0 bridgehead atoms. The molecule has 1 rings (SSSR count). The molecule has 0 fully saturated rings. The van der Waals surface area contributed by atoms with Crippen molar-refractivity contribution in [2.75, 3.05) is 7.11 Å². The number of halogens is 2. The lowest BCUT2D eigenvalue weighted by Crippen LogP contribution is -1.93. The highest BCUT2D eigenvalue weighted by Gasteiger charge is 2.17. The number of hydrogen-bond donors (Lipinski definition) is 0. The van der Waals surface area contributed by atoms with Gasteiger partial charge in [0.2, 0.25) is 0 Å². The molecular formula is C7H5BrFNO3. The summed E-state index contributed by atoms with van der Waals surface area (Å²) in [5.41, 5.74) is -0.350. The summed E-state index contributed by atoms with van der Waals surface area (Å²) in [4.78, 5) is 9.71. The molecule has 70 valence electrons. The monoisotopic (exact) mass is 249 g/mol. The highest BCUT2D eigenvalue weighted by molar-refractivity contribution is 9.10. The van der Waals surface area contributed by atoms with Crippen LogP contribution >= 0.6 is 15.9 Å². The fourth-order valence-corrected chi connectivity index (χ4v) is 1.17. The van der Waals surface area contributed by atoms with E-state index in [0.717, 1.165) is 12.1 Å². The van der Waals surface area contributed by atoms with Crippen molar-refractivity contribution in [2.45, 2.75) is 0 Å². The van der Waals surface area contributed by atoms with Gasteiger partial charge in [-0.1, -0.05) is 0 Å². The summed E-state index contributed by atoms with van der Waals surface area (Å²) in [6.45, 7) is 0. The lowest BCUT2D eigenvalue weighted by molar-refractivity contribution is -0.385. The van der Waals surface area contributed by atoms with Gasteiger partial charge >= 0.3 is 0 Å². The van der Waals surface area contributed by atoms with Crippen molar-refractivity contribution in [1.29, 1.82) is 0 Å². The minimum atomic E-state index is -0.717. The lowest BCUT2D eigenvalue weighted by atomic mass is 10.3. The number of ether oxygens (including phenoxy) is 1. The van der Waals surface area contributed by atoms with E-state index in [-0.39, 0.29) is 15.9 Å². The maximum absolute atomic E-state index is 13.0. The summed E-state index contributed by atoms with van der Waals surface area (Å²) in [6.07, 6.45) is 0. The van der Waals surface area contributed by atoms with Crippen molar-refractivity contribution < 1.29 is 14.1 Å². The van der Waals surface area contributed by atoms with Gasteiger partial charge < -0.3 is 4.74 Å². The predicted molar refractivity (Wildman–Crippen MR) is 47.3 cm³/mol. The predicted octanol–water partition coefficient (Wildman–Crippen LogP) is 2.51. The second kappa shape index (κ2) is 3.69. The Morgan fingerprint density at radius 3 is 2.69 bits per heavy atom. The highest BCUT2D eigenvalue weighted by Crippen LogP contribution is 2.31. The van der Waals surface area contributed by atoms with Crippen molar-refractivity contribution in [3.63, 3.8) is 0 Å². The first-order valence-electron chi connectivity index (χ1n) is 3.23. The van der Waals surface area contributed by atoms with E-state index in [4.69, 9.17) is 0 Å². The summed E-state index contributed by atoms with van der Waals surface area (Å²) in [5, 5.41) is 10.4. The van der Waals surface area contributed by atoms with E-state index in [2.05, 4.69) is 20.7 Å². The normalized spacial score (nSPS) is 9.77. The van der Waals surface area contributed by atoms with Gasteiger partial charge in [-0.25, -0.2) is 4.39 Å². The molecule has 0 saturated carbocycles. The molecule has 0 atom stereocenters. The minimum absolute atomic E-state index is 0.118. The lowest BCUT2D eigenvalue weighted by Gasteiger charge is -2.01. The first-order chi connectivity index (χ1) is 6.06. The molecule has 1 aromatic carbocycles. The summed E-state index contributed by atoms with van der Waals surface area (Å²) in [5.74, 6) is -0.599. The van der Waals surface area contributed by atoms with Crippen LogP contribution in [0.4, 0.5) is 10.1 Å². The van der Waals surface area contributed by atoms with Gasteiger partial charge in [0.1, 0.15) is 16.0 Å². The zero-order valence-corrected chi connectivity index (χ0v) is 8.17. The quantitative estimate of drug-likeness (QED) is 0.598. The molecule has 13 heavy (non-hydrogen) atoms. The third kappa shape index (κ3) is 1.95. The van der Waals surface area contributed by atoms with Crippen LogP contribution < -0.4 is 4.74 Å². The van der Waals surface area contributed by atoms with Crippen LogP contribution in [-0.4, -0.2) is 12.0 Å². The first kappa shape index (κ1) is 9.91. The maximum Gasteiger partial charge on any atom is 0.290 e. The molecule has 0 amide bonds. The van der Waals surface area contributed by atoms with Gasteiger partial charge in [0.15, 0.2) is 0 Å². The smallest absolute Gasteiger partial charge is 0.290 e. The van der Waals surface area contributed by atoms with Crippen LogP contribution in [0.2, 0.25) is 0 Å². The van der Waals surface area contributed by atoms with Crippen molar-refractivity contribution in [3.8, 4) is 5.75 Å². The number of nitrogens with zero attached hydrogens (tertiary/aromatic N) is 1. The van der Waals surface area contributed by atoms with E-state index in [1.54, 1.807) is 0 Å². The Morgan fingerprint density at radius 2 is 2.23 bits per heavy atom. The molecule has 0 N–H and O–H groups in total. The summed E-state index contributed by atoms with van der Waals surface area (Å²) >= 11 is 2.77. The Hall–Kier alpha value is -1.17. The van der Waals surface area contributed by atoms with E-state index in [9.17, 15) is 14.5 Å². The van der Waals surface area contributed by atoms with Gasteiger partial charge in [-0.2, -0.15) is 0 Å². The molecule has 0 aliphatic carbocycles. The molecule has 6 heteroatoms. The van der Waals surface area contributed by atoms with Gasteiger partial charge in [-0.3, -0.25) is 10.1 Å². The molecule has 0 spiro atoms. The Kier molecular flexibility index (Phi) is 2.82. The number of nitro benzene ring substituents is 1. The van der Waals surface area contributed by atoms with Gasteiger partial charge in [-0.15, -0.1) is 0 Å². The first-order valence-corrected chi connectivity index (χ1v) is 4.03. The maximum atomic E-state index is 13.0. The number of methoxy groups -OCH3 is 1. The summed E-state index contributed by atoms with van der Waals surface area (Å²) in [7, 11) is 1.31. The van der Waals surface area contributed by atoms with E-state index in [1.807, 2.05) is 0 Å². The Balaban J connectivity index is 3.33. The van der Waals surface area contributed by atoms with E-state index >= 15 is 0 Å². The molecule has 1 aromatic rings. The minimum Gasteiger partial charge on any atom is -0.496 e. The summed E-state index contributed by atoms with van der Waals surface area (Å²) < 4.78 is 17.5. The van der Waals surface area contributed by atoms with Crippen LogP contribution in [0.3, 0.4) is 0 Å². The molecule has 0 aliphatic rings. The SMILES string of the molecule is COc1cc(F)c(Br)c([N+](=O)[O-])c1. The summed E-state index contributed by atoms with van der Waals surface area (Å²) in [6, 6.07) is 2.21. The zero-order valence-electron chi connectivity index (χ0n) is 6.58. The molecule has 0 saturated heterocycles. The van der Waals surface area contributed by atoms with E-state index in [0.29, 0.717) is 0 Å². The van der Waals surface area contributed by atoms with Crippen molar-refractivity contribution in [1.82, 2.24) is 0 Å². The topological polar surface area (TPSA) is 52.4 Å². The Bertz CT molecular complexity index is 356. The van der Waals surface area contributed by atoms with Gasteiger partial charge in [-0.05, 0) is 15.9 Å². The van der Waals surface area contributed by atoms with Gasteiger partial charge in [0.25, 0.3) is 5.69 Å². The molecule has 0 aliphatic heterocycles. The zero-order chi connectivity index (χ0) is 10.0. The number of nitro groups is 1. The van der Waals surface area contributed by atoms with Crippen molar-refractivity contribution in [2.24, 2.45) is 0 Å². The molecule has 0 heterocycles.